The highest BCUT2D eigenvalue weighted by Crippen LogP contribution is 2.27. The zero-order chi connectivity index (χ0) is 19.8. The minimum absolute atomic E-state index is 0.0210. The molecule has 0 aliphatic heterocycles. The Morgan fingerprint density at radius 1 is 1.29 bits per heavy atom. The summed E-state index contributed by atoms with van der Waals surface area (Å²) in [7, 11) is 0. The number of aromatic nitrogens is 2. The van der Waals surface area contributed by atoms with Gasteiger partial charge in [0.1, 0.15) is 0 Å². The summed E-state index contributed by atoms with van der Waals surface area (Å²) < 4.78 is 2.02. The number of benzene rings is 2. The molecule has 2 aromatic carbocycles. The topological polar surface area (TPSA) is 89.5 Å². The van der Waals surface area contributed by atoms with E-state index >= 15 is 0 Å². The Morgan fingerprint density at radius 2 is 2.11 bits per heavy atom. The number of carbonyl (C=O) groups excluding carboxylic acids is 1. The molecule has 140 valence electrons. The van der Waals surface area contributed by atoms with E-state index in [4.69, 9.17) is 11.6 Å². The van der Waals surface area contributed by atoms with Crippen molar-refractivity contribution in [2.45, 2.75) is 6.92 Å². The molecule has 0 aliphatic rings. The van der Waals surface area contributed by atoms with Gasteiger partial charge in [-0.3, -0.25) is 19.3 Å². The van der Waals surface area contributed by atoms with Crippen molar-refractivity contribution in [2.24, 2.45) is 0 Å². The van der Waals surface area contributed by atoms with Gasteiger partial charge in [0, 0.05) is 40.7 Å². The van der Waals surface area contributed by atoms with Gasteiger partial charge < -0.3 is 5.32 Å². The number of rotatable bonds is 4. The number of fused-ring (bicyclic) bond motifs is 1. The van der Waals surface area contributed by atoms with Crippen LogP contribution in [-0.2, 0) is 0 Å². The second-order valence-electron chi connectivity index (χ2n) is 6.11. The molecule has 1 amide bonds. The average molecular weight is 413 g/mol. The molecule has 0 saturated carbocycles. The summed E-state index contributed by atoms with van der Waals surface area (Å²) >= 11 is 7.60. The summed E-state index contributed by atoms with van der Waals surface area (Å²) in [5.41, 5.74) is 3.35. The van der Waals surface area contributed by atoms with E-state index in [1.54, 1.807) is 17.4 Å². The van der Waals surface area contributed by atoms with Gasteiger partial charge in [-0.05, 0) is 25.1 Å². The Hall–Kier alpha value is -3.23. The molecule has 4 aromatic rings. The fourth-order valence-corrected chi connectivity index (χ4v) is 3.90. The van der Waals surface area contributed by atoms with Crippen LogP contribution in [0.3, 0.4) is 0 Å². The first-order chi connectivity index (χ1) is 13.4. The van der Waals surface area contributed by atoms with Crippen LogP contribution in [0.5, 0.6) is 0 Å². The number of carbonyl (C=O) groups is 1. The summed E-state index contributed by atoms with van der Waals surface area (Å²) in [4.78, 5) is 28.3. The van der Waals surface area contributed by atoms with Gasteiger partial charge in [-0.1, -0.05) is 23.7 Å². The maximum absolute atomic E-state index is 12.5. The van der Waals surface area contributed by atoms with Crippen LogP contribution in [-0.4, -0.2) is 20.2 Å². The number of hydrogen-bond acceptors (Lipinski definition) is 5. The third-order valence-electron chi connectivity index (χ3n) is 4.21. The number of thiazole rings is 1. The van der Waals surface area contributed by atoms with E-state index in [1.165, 1.54) is 12.1 Å². The van der Waals surface area contributed by atoms with Crippen LogP contribution < -0.4 is 5.32 Å². The van der Waals surface area contributed by atoms with Crippen molar-refractivity contribution >= 4 is 45.2 Å². The fourth-order valence-electron chi connectivity index (χ4n) is 2.79. The van der Waals surface area contributed by atoms with Crippen molar-refractivity contribution in [3.63, 3.8) is 0 Å². The molecular weight excluding hydrogens is 400 g/mol. The van der Waals surface area contributed by atoms with Crippen LogP contribution in [0.4, 0.5) is 11.4 Å². The average Bonchev–Trinajstić information content (AvgIpc) is 3.24. The molecule has 0 spiro atoms. The van der Waals surface area contributed by atoms with Crippen molar-refractivity contribution in [3.8, 4) is 11.3 Å². The third-order valence-corrected chi connectivity index (χ3v) is 5.48. The number of nitro benzene ring substituents is 1. The van der Waals surface area contributed by atoms with Gasteiger partial charge >= 0.3 is 0 Å². The van der Waals surface area contributed by atoms with Crippen molar-refractivity contribution in [2.75, 3.05) is 5.32 Å². The second-order valence-corrected chi connectivity index (χ2v) is 7.36. The van der Waals surface area contributed by atoms with Gasteiger partial charge in [-0.25, -0.2) is 4.98 Å². The summed E-state index contributed by atoms with van der Waals surface area (Å²) in [5.74, 6) is -0.446. The molecule has 2 aromatic heterocycles. The van der Waals surface area contributed by atoms with Crippen molar-refractivity contribution in [3.05, 3.63) is 80.4 Å². The molecular formula is C19H13ClN4O3S. The maximum atomic E-state index is 12.5. The predicted molar refractivity (Wildman–Crippen MR) is 109 cm³/mol. The number of amides is 1. The first-order valence-electron chi connectivity index (χ1n) is 8.21. The van der Waals surface area contributed by atoms with Gasteiger partial charge in [0.05, 0.1) is 21.2 Å². The minimum Gasteiger partial charge on any atom is -0.322 e. The van der Waals surface area contributed by atoms with Crippen molar-refractivity contribution < 1.29 is 9.72 Å². The third kappa shape index (κ3) is 3.35. The molecule has 7 nitrogen and oxygen atoms in total. The summed E-state index contributed by atoms with van der Waals surface area (Å²) in [6.45, 7) is 2.01. The number of nitrogens with one attached hydrogen (secondary N) is 1. The number of halogens is 1. The van der Waals surface area contributed by atoms with E-state index in [9.17, 15) is 14.9 Å². The van der Waals surface area contributed by atoms with Crippen LogP contribution in [0.1, 0.15) is 16.1 Å². The quantitative estimate of drug-likeness (QED) is 0.369. The number of hydrogen-bond donors (Lipinski definition) is 1. The standard InChI is InChI=1S/C19H13ClN4O3S/c1-11-10-28-19-22-17(9-23(11)19)12-3-2-4-13(7-12)21-18(25)15-6-5-14(24(26)27)8-16(15)20/h2-10H,1H3,(H,21,25). The zero-order valence-electron chi connectivity index (χ0n) is 14.5. The van der Waals surface area contributed by atoms with E-state index in [1.807, 2.05) is 41.1 Å². The molecule has 0 unspecified atom stereocenters. The first-order valence-corrected chi connectivity index (χ1v) is 9.47. The lowest BCUT2D eigenvalue weighted by atomic mass is 10.1. The SMILES string of the molecule is Cc1csc2nc(-c3cccc(NC(=O)c4ccc([N+](=O)[O-])cc4Cl)c3)cn12. The number of anilines is 1. The van der Waals surface area contributed by atoms with E-state index in [0.29, 0.717) is 5.69 Å². The Morgan fingerprint density at radius 3 is 2.82 bits per heavy atom. The van der Waals surface area contributed by atoms with Crippen molar-refractivity contribution in [1.82, 2.24) is 9.38 Å². The number of imidazole rings is 1. The highest BCUT2D eigenvalue weighted by atomic mass is 35.5. The monoisotopic (exact) mass is 412 g/mol. The lowest BCUT2D eigenvalue weighted by Gasteiger charge is -2.08. The minimum atomic E-state index is -0.561. The molecule has 0 radical (unpaired) electrons. The lowest BCUT2D eigenvalue weighted by molar-refractivity contribution is -0.384. The van der Waals surface area contributed by atoms with Gasteiger partial charge in [0.2, 0.25) is 0 Å². The molecule has 4 rings (SSSR count). The lowest BCUT2D eigenvalue weighted by Crippen LogP contribution is -2.12. The van der Waals surface area contributed by atoms with Gasteiger partial charge in [-0.2, -0.15) is 0 Å². The summed E-state index contributed by atoms with van der Waals surface area (Å²) in [5, 5.41) is 15.6. The van der Waals surface area contributed by atoms with Gasteiger partial charge in [0.25, 0.3) is 11.6 Å². The van der Waals surface area contributed by atoms with Crippen LogP contribution in [0.2, 0.25) is 5.02 Å². The number of aryl methyl sites for hydroxylation is 1. The number of non-ortho nitro benzene ring substituents is 1. The van der Waals surface area contributed by atoms with E-state index in [0.717, 1.165) is 28.0 Å². The maximum Gasteiger partial charge on any atom is 0.270 e. The highest BCUT2D eigenvalue weighted by Gasteiger charge is 2.15. The first kappa shape index (κ1) is 18.1. The van der Waals surface area contributed by atoms with Crippen LogP contribution in [0.15, 0.2) is 54.0 Å². The molecule has 0 bridgehead atoms. The number of nitrogens with zero attached hydrogens (tertiary/aromatic N) is 3. The molecule has 1 N–H and O–H groups in total. The van der Waals surface area contributed by atoms with Crippen LogP contribution in [0.25, 0.3) is 16.2 Å². The van der Waals surface area contributed by atoms with E-state index in [2.05, 4.69) is 10.3 Å². The van der Waals surface area contributed by atoms with Gasteiger partial charge in [0.15, 0.2) is 4.96 Å². The Balaban J connectivity index is 1.59. The zero-order valence-corrected chi connectivity index (χ0v) is 16.1. The molecule has 9 heteroatoms. The largest absolute Gasteiger partial charge is 0.322 e. The highest BCUT2D eigenvalue weighted by molar-refractivity contribution is 7.15. The normalized spacial score (nSPS) is 10.9. The van der Waals surface area contributed by atoms with Gasteiger partial charge in [-0.15, -0.1) is 11.3 Å². The van der Waals surface area contributed by atoms with Crippen LogP contribution >= 0.6 is 22.9 Å². The molecule has 28 heavy (non-hydrogen) atoms. The van der Waals surface area contributed by atoms with Crippen LogP contribution in [0, 0.1) is 17.0 Å². The fraction of sp³-hybridized carbons (Fsp3) is 0.0526. The molecule has 0 saturated heterocycles. The second kappa shape index (κ2) is 7.06. The summed E-state index contributed by atoms with van der Waals surface area (Å²) in [6, 6.07) is 11.1. The Kier molecular flexibility index (Phi) is 4.58. The molecule has 0 fully saturated rings. The van der Waals surface area contributed by atoms with Crippen molar-refractivity contribution in [1.29, 1.82) is 0 Å². The summed E-state index contributed by atoms with van der Waals surface area (Å²) in [6.07, 6.45) is 1.95. The van der Waals surface area contributed by atoms with E-state index in [-0.39, 0.29) is 16.3 Å². The Labute approximate surface area is 168 Å². The smallest absolute Gasteiger partial charge is 0.270 e. The molecule has 2 heterocycles. The molecule has 0 aliphatic carbocycles. The predicted octanol–water partition coefficient (Wildman–Crippen LogP) is 5.19. The van der Waals surface area contributed by atoms with E-state index < -0.39 is 10.8 Å². The number of nitro groups is 1. The Bertz CT molecular complexity index is 1230. The molecule has 0 atom stereocenters.